The first-order valence-corrected chi connectivity index (χ1v) is 12.1. The molecule has 25 heavy (non-hydrogen) atoms. The summed E-state index contributed by atoms with van der Waals surface area (Å²) in [4.78, 5) is 20.4. The standard InChI is InChI=1S/C17H34N2O5Si/c1-11-8-9-12(2)19(11)16(22)18-10-13(20)14(21)15(23-18)24-25(6,7)17(3,4)5/h11-15,20-21H,8-10H2,1-7H3/t11-,12-,13-,14-,15+/m1/s1. The Morgan fingerprint density at radius 2 is 1.68 bits per heavy atom. The first-order chi connectivity index (χ1) is 11.3. The first-order valence-electron chi connectivity index (χ1n) is 9.15. The van der Waals surface area contributed by atoms with Gasteiger partial charge in [-0.25, -0.2) is 9.63 Å². The van der Waals surface area contributed by atoms with Crippen molar-refractivity contribution in [3.63, 3.8) is 0 Å². The van der Waals surface area contributed by atoms with Crippen LogP contribution in [0.5, 0.6) is 0 Å². The number of carbonyl (C=O) groups is 1. The van der Waals surface area contributed by atoms with Gasteiger partial charge in [0, 0.05) is 12.1 Å². The van der Waals surface area contributed by atoms with E-state index in [4.69, 9.17) is 9.26 Å². The van der Waals surface area contributed by atoms with Gasteiger partial charge in [0.1, 0.15) is 12.2 Å². The van der Waals surface area contributed by atoms with Gasteiger partial charge in [0.15, 0.2) is 8.32 Å². The molecular formula is C17H34N2O5Si. The van der Waals surface area contributed by atoms with E-state index in [1.165, 1.54) is 0 Å². The number of aliphatic hydroxyl groups is 2. The van der Waals surface area contributed by atoms with Crippen molar-refractivity contribution >= 4 is 14.3 Å². The molecule has 2 amide bonds. The zero-order valence-electron chi connectivity index (χ0n) is 16.5. The van der Waals surface area contributed by atoms with Crippen LogP contribution in [0.4, 0.5) is 4.79 Å². The molecule has 2 N–H and O–H groups in total. The summed E-state index contributed by atoms with van der Waals surface area (Å²) in [6, 6.07) is -0.00279. The van der Waals surface area contributed by atoms with Crippen molar-refractivity contribution in [2.75, 3.05) is 6.54 Å². The number of rotatable bonds is 2. The summed E-state index contributed by atoms with van der Waals surface area (Å²) in [5.41, 5.74) is 0. The van der Waals surface area contributed by atoms with Crippen molar-refractivity contribution in [1.82, 2.24) is 9.96 Å². The molecule has 5 atom stereocenters. The largest absolute Gasteiger partial charge is 0.389 e. The lowest BCUT2D eigenvalue weighted by Gasteiger charge is -2.45. The molecule has 0 saturated carbocycles. The van der Waals surface area contributed by atoms with Crippen LogP contribution in [0.3, 0.4) is 0 Å². The Hall–Kier alpha value is -0.673. The van der Waals surface area contributed by atoms with E-state index in [0.717, 1.165) is 17.9 Å². The molecule has 0 spiro atoms. The van der Waals surface area contributed by atoms with Crippen LogP contribution in [-0.4, -0.2) is 71.7 Å². The Balaban J connectivity index is 2.14. The maximum absolute atomic E-state index is 12.9. The fourth-order valence-electron chi connectivity index (χ4n) is 3.07. The van der Waals surface area contributed by atoms with Crippen LogP contribution in [0, 0.1) is 0 Å². The lowest BCUT2D eigenvalue weighted by Crippen LogP contribution is -2.61. The molecule has 0 unspecified atom stereocenters. The minimum Gasteiger partial charge on any atom is -0.389 e. The second-order valence-electron chi connectivity index (χ2n) is 8.94. The number of carbonyl (C=O) groups excluding carboxylic acids is 1. The molecule has 2 fully saturated rings. The second-order valence-corrected chi connectivity index (χ2v) is 13.7. The molecule has 0 bridgehead atoms. The topological polar surface area (TPSA) is 82.5 Å². The van der Waals surface area contributed by atoms with Gasteiger partial charge in [-0.1, -0.05) is 20.8 Å². The summed E-state index contributed by atoms with van der Waals surface area (Å²) < 4.78 is 6.12. The van der Waals surface area contributed by atoms with Crippen molar-refractivity contribution in [3.05, 3.63) is 0 Å². The van der Waals surface area contributed by atoms with E-state index in [-0.39, 0.29) is 29.7 Å². The molecule has 0 aliphatic carbocycles. The third kappa shape index (κ3) is 4.19. The molecule has 0 aromatic rings. The van der Waals surface area contributed by atoms with Gasteiger partial charge in [-0.2, -0.15) is 5.06 Å². The molecule has 0 radical (unpaired) electrons. The minimum atomic E-state index is -2.23. The van der Waals surface area contributed by atoms with E-state index < -0.39 is 26.8 Å². The van der Waals surface area contributed by atoms with E-state index in [0.29, 0.717) is 0 Å². The summed E-state index contributed by atoms with van der Waals surface area (Å²) >= 11 is 0. The number of hydroxylamine groups is 2. The van der Waals surface area contributed by atoms with Crippen LogP contribution in [-0.2, 0) is 9.26 Å². The maximum Gasteiger partial charge on any atom is 0.344 e. The molecule has 8 heteroatoms. The smallest absolute Gasteiger partial charge is 0.344 e. The molecule has 2 rings (SSSR count). The summed E-state index contributed by atoms with van der Waals surface area (Å²) in [5.74, 6) is 0. The third-order valence-electron chi connectivity index (χ3n) is 5.86. The molecule has 2 saturated heterocycles. The van der Waals surface area contributed by atoms with Crippen molar-refractivity contribution in [2.45, 2.75) is 96.2 Å². The average Bonchev–Trinajstić information content (AvgIpc) is 2.80. The number of nitrogens with zero attached hydrogens (tertiary/aromatic N) is 2. The van der Waals surface area contributed by atoms with Crippen LogP contribution in [0.2, 0.25) is 18.1 Å². The van der Waals surface area contributed by atoms with Gasteiger partial charge in [0.2, 0.25) is 6.29 Å². The normalized spacial score (nSPS) is 34.5. The van der Waals surface area contributed by atoms with Crippen LogP contribution >= 0.6 is 0 Å². The minimum absolute atomic E-state index is 0.0622. The third-order valence-corrected chi connectivity index (χ3v) is 10.3. The van der Waals surface area contributed by atoms with Gasteiger partial charge in [-0.3, -0.25) is 0 Å². The number of amides is 2. The van der Waals surface area contributed by atoms with E-state index in [2.05, 4.69) is 20.8 Å². The summed E-state index contributed by atoms with van der Waals surface area (Å²) in [6.07, 6.45) is -1.40. The molecule has 2 aliphatic heterocycles. The highest BCUT2D eigenvalue weighted by Gasteiger charge is 2.47. The van der Waals surface area contributed by atoms with E-state index >= 15 is 0 Å². The van der Waals surface area contributed by atoms with Crippen molar-refractivity contribution in [3.8, 4) is 0 Å². The Bertz CT molecular complexity index is 486. The molecule has 0 aromatic heterocycles. The van der Waals surface area contributed by atoms with Gasteiger partial charge in [-0.05, 0) is 44.8 Å². The lowest BCUT2D eigenvalue weighted by atomic mass is 10.2. The first kappa shape index (κ1) is 20.6. The SMILES string of the molecule is C[C@@H]1CC[C@@H](C)N1C(=O)N1C[C@@H](O)[C@@H](O)[C@H](O[Si](C)(C)C(C)(C)C)O1. The molecule has 0 aromatic carbocycles. The number of urea groups is 1. The second kappa shape index (κ2) is 7.15. The van der Waals surface area contributed by atoms with Gasteiger partial charge in [0.05, 0.1) is 6.54 Å². The molecular weight excluding hydrogens is 340 g/mol. The number of hydrogen-bond acceptors (Lipinski definition) is 5. The van der Waals surface area contributed by atoms with Crippen LogP contribution in [0.15, 0.2) is 0 Å². The number of hydrogen-bond donors (Lipinski definition) is 2. The number of likely N-dealkylation sites (tertiary alicyclic amines) is 1. The quantitative estimate of drug-likeness (QED) is 0.725. The number of aliphatic hydroxyl groups excluding tert-OH is 2. The monoisotopic (exact) mass is 374 g/mol. The highest BCUT2D eigenvalue weighted by Crippen LogP contribution is 2.38. The van der Waals surface area contributed by atoms with Crippen molar-refractivity contribution in [1.29, 1.82) is 0 Å². The highest BCUT2D eigenvalue weighted by molar-refractivity contribution is 6.74. The Labute approximate surface area is 152 Å². The number of β-amino-alcohol motifs (C(OH)–C–C–N with tert-alkyl or cyclic N) is 1. The van der Waals surface area contributed by atoms with Crippen molar-refractivity contribution in [2.24, 2.45) is 0 Å². The van der Waals surface area contributed by atoms with Crippen LogP contribution in [0.1, 0.15) is 47.5 Å². The van der Waals surface area contributed by atoms with Crippen LogP contribution in [0.25, 0.3) is 0 Å². The van der Waals surface area contributed by atoms with Crippen LogP contribution < -0.4 is 0 Å². The Morgan fingerprint density at radius 1 is 1.16 bits per heavy atom. The summed E-state index contributed by atoms with van der Waals surface area (Å²) in [5, 5.41) is 21.6. The van der Waals surface area contributed by atoms with Gasteiger partial charge in [0.25, 0.3) is 0 Å². The molecule has 7 nitrogen and oxygen atoms in total. The van der Waals surface area contributed by atoms with Gasteiger partial charge < -0.3 is 19.5 Å². The van der Waals surface area contributed by atoms with E-state index in [1.807, 2.05) is 26.9 Å². The lowest BCUT2D eigenvalue weighted by molar-refractivity contribution is -0.313. The highest BCUT2D eigenvalue weighted by atomic mass is 28.4. The van der Waals surface area contributed by atoms with Crippen molar-refractivity contribution < 1.29 is 24.3 Å². The zero-order valence-corrected chi connectivity index (χ0v) is 17.5. The molecule has 2 heterocycles. The Kier molecular flexibility index (Phi) is 5.90. The fourth-order valence-corrected chi connectivity index (χ4v) is 4.19. The zero-order chi connectivity index (χ0) is 19.2. The predicted molar refractivity (Wildman–Crippen MR) is 97.3 cm³/mol. The molecule has 2 aliphatic rings. The molecule has 146 valence electrons. The predicted octanol–water partition coefficient (Wildman–Crippen LogP) is 2.30. The van der Waals surface area contributed by atoms with Gasteiger partial charge in [-0.15, -0.1) is 0 Å². The van der Waals surface area contributed by atoms with Gasteiger partial charge >= 0.3 is 6.03 Å². The Morgan fingerprint density at radius 3 is 2.16 bits per heavy atom. The van der Waals surface area contributed by atoms with E-state index in [9.17, 15) is 15.0 Å². The fraction of sp³-hybridized carbons (Fsp3) is 0.941. The maximum atomic E-state index is 12.9. The van der Waals surface area contributed by atoms with E-state index in [1.54, 1.807) is 4.90 Å². The summed E-state index contributed by atoms with van der Waals surface area (Å²) in [7, 11) is -2.23. The average molecular weight is 375 g/mol. The summed E-state index contributed by atoms with van der Waals surface area (Å²) in [6.45, 7) is 14.3.